The Balaban J connectivity index is 1.52. The molecule has 7 heteroatoms. The lowest BCUT2D eigenvalue weighted by Gasteiger charge is -2.24. The molecule has 4 rings (SSSR count). The zero-order chi connectivity index (χ0) is 20.2. The molecule has 0 unspecified atom stereocenters. The van der Waals surface area contributed by atoms with Gasteiger partial charge in [0.05, 0.1) is 30.6 Å². The summed E-state index contributed by atoms with van der Waals surface area (Å²) in [5, 5.41) is 0.560. The molecule has 7 nitrogen and oxygen atoms in total. The van der Waals surface area contributed by atoms with E-state index in [2.05, 4.69) is 16.0 Å². The van der Waals surface area contributed by atoms with E-state index in [1.165, 1.54) is 5.56 Å². The highest BCUT2D eigenvalue weighted by atomic mass is 16.5. The number of nitrogens with one attached hydrogen (secondary N) is 1. The number of hydrogen-bond acceptors (Lipinski definition) is 5. The topological polar surface area (TPSA) is 78.5 Å². The molecule has 1 N–H and O–H groups in total. The molecule has 0 fully saturated rings. The van der Waals surface area contributed by atoms with Gasteiger partial charge in [0.2, 0.25) is 5.91 Å². The van der Waals surface area contributed by atoms with Crippen molar-refractivity contribution in [1.82, 2.24) is 14.9 Å². The van der Waals surface area contributed by atoms with Crippen LogP contribution < -0.4 is 10.5 Å². The van der Waals surface area contributed by atoms with Gasteiger partial charge in [-0.3, -0.25) is 14.5 Å². The number of aromatic nitrogens is 2. The minimum absolute atomic E-state index is 0.0363. The lowest BCUT2D eigenvalue weighted by molar-refractivity contribution is -0.119. The Kier molecular flexibility index (Phi) is 5.69. The number of fused-ring (bicyclic) bond motifs is 2. The number of carbonyl (C=O) groups is 1. The number of benzene rings is 2. The molecular weight excluding hydrogens is 368 g/mol. The van der Waals surface area contributed by atoms with Crippen LogP contribution in [0.5, 0.6) is 0 Å². The number of methoxy groups -OCH3 is 1. The SMILES string of the molecule is COCCN(CC(=O)N1CCc2ccccc21)Cc1nc2ccccc2c(=O)[nH]1. The van der Waals surface area contributed by atoms with E-state index in [-0.39, 0.29) is 18.0 Å². The molecule has 29 heavy (non-hydrogen) atoms. The molecule has 0 spiro atoms. The lowest BCUT2D eigenvalue weighted by atomic mass is 10.2. The van der Waals surface area contributed by atoms with E-state index in [0.29, 0.717) is 43.0 Å². The van der Waals surface area contributed by atoms with Crippen LogP contribution in [0.15, 0.2) is 53.3 Å². The van der Waals surface area contributed by atoms with Crippen molar-refractivity contribution >= 4 is 22.5 Å². The number of rotatable bonds is 7. The van der Waals surface area contributed by atoms with Crippen LogP contribution in [-0.2, 0) is 22.5 Å². The molecule has 1 aromatic heterocycles. The Labute approximate surface area is 168 Å². The smallest absolute Gasteiger partial charge is 0.258 e. The molecule has 0 saturated carbocycles. The molecule has 0 radical (unpaired) electrons. The van der Waals surface area contributed by atoms with Crippen LogP contribution in [0.25, 0.3) is 10.9 Å². The molecule has 1 aliphatic rings. The molecular formula is C22H24N4O3. The number of carbonyl (C=O) groups excluding carboxylic acids is 1. The fourth-order valence-electron chi connectivity index (χ4n) is 3.73. The van der Waals surface area contributed by atoms with Crippen LogP contribution in [0.2, 0.25) is 0 Å². The largest absolute Gasteiger partial charge is 0.383 e. The fraction of sp³-hybridized carbons (Fsp3) is 0.318. The number of hydrogen-bond donors (Lipinski definition) is 1. The highest BCUT2D eigenvalue weighted by molar-refractivity contribution is 5.96. The van der Waals surface area contributed by atoms with Gasteiger partial charge in [0.15, 0.2) is 0 Å². The van der Waals surface area contributed by atoms with E-state index in [1.807, 2.05) is 46.2 Å². The highest BCUT2D eigenvalue weighted by Crippen LogP contribution is 2.27. The fourth-order valence-corrected chi connectivity index (χ4v) is 3.73. The first-order valence-corrected chi connectivity index (χ1v) is 9.73. The number of anilines is 1. The number of amides is 1. The summed E-state index contributed by atoms with van der Waals surface area (Å²) in [6.07, 6.45) is 0.875. The van der Waals surface area contributed by atoms with Gasteiger partial charge in [-0.25, -0.2) is 4.98 Å². The van der Waals surface area contributed by atoms with E-state index in [9.17, 15) is 9.59 Å². The average molecular weight is 392 g/mol. The summed E-state index contributed by atoms with van der Waals surface area (Å²) in [5.74, 6) is 0.577. The molecule has 0 saturated heterocycles. The third kappa shape index (κ3) is 4.21. The van der Waals surface area contributed by atoms with Crippen LogP contribution in [-0.4, -0.2) is 54.1 Å². The van der Waals surface area contributed by atoms with Crippen LogP contribution in [0.4, 0.5) is 5.69 Å². The lowest BCUT2D eigenvalue weighted by Crippen LogP contribution is -2.41. The van der Waals surface area contributed by atoms with Gasteiger partial charge in [-0.15, -0.1) is 0 Å². The number of para-hydroxylation sites is 2. The van der Waals surface area contributed by atoms with Crippen molar-refractivity contribution in [1.29, 1.82) is 0 Å². The van der Waals surface area contributed by atoms with Crippen molar-refractivity contribution in [3.63, 3.8) is 0 Å². The first-order valence-electron chi connectivity index (χ1n) is 9.73. The monoisotopic (exact) mass is 392 g/mol. The zero-order valence-corrected chi connectivity index (χ0v) is 16.4. The highest BCUT2D eigenvalue weighted by Gasteiger charge is 2.25. The van der Waals surface area contributed by atoms with E-state index in [4.69, 9.17) is 4.74 Å². The number of H-pyrrole nitrogens is 1. The van der Waals surface area contributed by atoms with Crippen LogP contribution >= 0.6 is 0 Å². The standard InChI is InChI=1S/C22H24N4O3/c1-29-13-12-25(14-20-23-18-8-4-3-7-17(18)22(28)24-20)15-21(27)26-11-10-16-6-2-5-9-19(16)26/h2-9H,10-15H2,1H3,(H,23,24,28). The molecule has 2 aromatic carbocycles. The van der Waals surface area contributed by atoms with Crippen molar-refractivity contribution in [2.45, 2.75) is 13.0 Å². The maximum atomic E-state index is 13.0. The van der Waals surface area contributed by atoms with Crippen molar-refractivity contribution in [3.05, 3.63) is 70.3 Å². The van der Waals surface area contributed by atoms with Crippen LogP contribution in [0.1, 0.15) is 11.4 Å². The summed E-state index contributed by atoms with van der Waals surface area (Å²) in [6.45, 7) is 2.34. The van der Waals surface area contributed by atoms with Crippen LogP contribution in [0.3, 0.4) is 0 Å². The van der Waals surface area contributed by atoms with Crippen molar-refractivity contribution in [2.24, 2.45) is 0 Å². The Morgan fingerprint density at radius 1 is 1.21 bits per heavy atom. The van der Waals surface area contributed by atoms with Gasteiger partial charge in [0.1, 0.15) is 5.82 Å². The van der Waals surface area contributed by atoms with E-state index < -0.39 is 0 Å². The molecule has 0 aliphatic carbocycles. The number of aromatic amines is 1. The second kappa shape index (κ2) is 8.55. The Morgan fingerprint density at radius 3 is 2.86 bits per heavy atom. The Hall–Kier alpha value is -3.03. The zero-order valence-electron chi connectivity index (χ0n) is 16.4. The normalized spacial score (nSPS) is 13.2. The van der Waals surface area contributed by atoms with Gasteiger partial charge in [0.25, 0.3) is 5.56 Å². The van der Waals surface area contributed by atoms with Gasteiger partial charge in [0, 0.05) is 25.9 Å². The van der Waals surface area contributed by atoms with E-state index in [1.54, 1.807) is 13.2 Å². The number of ether oxygens (including phenoxy) is 1. The molecule has 0 bridgehead atoms. The van der Waals surface area contributed by atoms with E-state index >= 15 is 0 Å². The summed E-state index contributed by atoms with van der Waals surface area (Å²) in [4.78, 5) is 36.6. The molecule has 1 aliphatic heterocycles. The summed E-state index contributed by atoms with van der Waals surface area (Å²) >= 11 is 0. The minimum atomic E-state index is -0.169. The Morgan fingerprint density at radius 2 is 2.00 bits per heavy atom. The van der Waals surface area contributed by atoms with Crippen molar-refractivity contribution < 1.29 is 9.53 Å². The van der Waals surface area contributed by atoms with E-state index in [0.717, 1.165) is 12.1 Å². The molecule has 1 amide bonds. The van der Waals surface area contributed by atoms with Gasteiger partial charge in [-0.1, -0.05) is 30.3 Å². The number of nitrogens with zero attached hydrogens (tertiary/aromatic N) is 3. The predicted octanol–water partition coefficient (Wildman–Crippen LogP) is 1.96. The Bertz CT molecular complexity index is 1080. The molecule has 2 heterocycles. The summed E-state index contributed by atoms with van der Waals surface area (Å²) < 4.78 is 5.21. The maximum Gasteiger partial charge on any atom is 0.258 e. The van der Waals surface area contributed by atoms with Gasteiger partial charge in [-0.2, -0.15) is 0 Å². The second-order valence-corrected chi connectivity index (χ2v) is 7.16. The first-order chi connectivity index (χ1) is 14.2. The molecule has 3 aromatic rings. The predicted molar refractivity (Wildman–Crippen MR) is 112 cm³/mol. The average Bonchev–Trinajstić information content (AvgIpc) is 3.16. The summed E-state index contributed by atoms with van der Waals surface area (Å²) in [7, 11) is 1.63. The minimum Gasteiger partial charge on any atom is -0.383 e. The first kappa shape index (κ1) is 19.3. The van der Waals surface area contributed by atoms with Gasteiger partial charge in [-0.05, 0) is 30.2 Å². The second-order valence-electron chi connectivity index (χ2n) is 7.16. The van der Waals surface area contributed by atoms with Crippen molar-refractivity contribution in [3.8, 4) is 0 Å². The van der Waals surface area contributed by atoms with Gasteiger partial charge >= 0.3 is 0 Å². The third-order valence-corrected chi connectivity index (χ3v) is 5.19. The molecule has 0 atom stereocenters. The van der Waals surface area contributed by atoms with Crippen LogP contribution in [0, 0.1) is 0 Å². The quantitative estimate of drug-likeness (QED) is 0.665. The van der Waals surface area contributed by atoms with Gasteiger partial charge < -0.3 is 14.6 Å². The third-order valence-electron chi connectivity index (χ3n) is 5.19. The summed E-state index contributed by atoms with van der Waals surface area (Å²) in [6, 6.07) is 15.3. The van der Waals surface area contributed by atoms with Crippen molar-refractivity contribution in [2.75, 3.05) is 38.3 Å². The summed E-state index contributed by atoms with van der Waals surface area (Å²) in [5.41, 5.74) is 2.67. The molecule has 150 valence electrons. The maximum absolute atomic E-state index is 13.0.